The molecule has 0 spiro atoms. The molecule has 20 heavy (non-hydrogen) atoms. The van der Waals surface area contributed by atoms with Crippen LogP contribution in [-0.4, -0.2) is 14.7 Å². The molecule has 5 heteroatoms. The summed E-state index contributed by atoms with van der Waals surface area (Å²) in [6, 6.07) is 5.15. The Morgan fingerprint density at radius 1 is 1.40 bits per heavy atom. The van der Waals surface area contributed by atoms with Crippen LogP contribution in [-0.2, 0) is 12.1 Å². The van der Waals surface area contributed by atoms with Crippen LogP contribution in [0.4, 0.5) is 0 Å². The normalized spacial score (nSPS) is 14.6. The summed E-state index contributed by atoms with van der Waals surface area (Å²) >= 11 is 12.2. The van der Waals surface area contributed by atoms with E-state index >= 15 is 0 Å². The lowest BCUT2D eigenvalue weighted by molar-refractivity contribution is 0.0213. The largest absolute Gasteiger partial charge is 0.383 e. The average Bonchev–Trinajstić information content (AvgIpc) is 2.88. The Morgan fingerprint density at radius 3 is 2.80 bits per heavy atom. The van der Waals surface area contributed by atoms with Crippen molar-refractivity contribution in [3.63, 3.8) is 0 Å². The number of halogens is 2. The minimum absolute atomic E-state index is 0.374. The van der Waals surface area contributed by atoms with E-state index in [-0.39, 0.29) is 0 Å². The van der Waals surface area contributed by atoms with Gasteiger partial charge in [0.1, 0.15) is 5.60 Å². The van der Waals surface area contributed by atoms with Crippen molar-refractivity contribution in [3.05, 3.63) is 64.7 Å². The lowest BCUT2D eigenvalue weighted by Gasteiger charge is -2.29. The first-order valence-corrected chi connectivity index (χ1v) is 7.05. The van der Waals surface area contributed by atoms with Crippen LogP contribution in [0, 0.1) is 0 Å². The van der Waals surface area contributed by atoms with Crippen molar-refractivity contribution >= 4 is 23.2 Å². The van der Waals surface area contributed by atoms with Gasteiger partial charge in [-0.15, -0.1) is 0 Å². The zero-order valence-electron chi connectivity index (χ0n) is 11.1. The Labute approximate surface area is 128 Å². The summed E-state index contributed by atoms with van der Waals surface area (Å²) in [5.41, 5.74) is -0.440. The number of aromatic nitrogens is 2. The molecule has 106 valence electrons. The molecule has 0 saturated carbocycles. The van der Waals surface area contributed by atoms with Crippen molar-refractivity contribution in [2.24, 2.45) is 0 Å². The number of imidazole rings is 1. The van der Waals surface area contributed by atoms with Gasteiger partial charge in [-0.05, 0) is 19.1 Å². The summed E-state index contributed by atoms with van der Waals surface area (Å²) in [6.07, 6.45) is 9.45. The lowest BCUT2D eigenvalue weighted by Crippen LogP contribution is -2.31. The molecule has 1 aromatic carbocycles. The molecule has 0 saturated heterocycles. The fourth-order valence-electron chi connectivity index (χ4n) is 2.12. The summed E-state index contributed by atoms with van der Waals surface area (Å²) in [5.74, 6) is 0. The molecule has 0 bridgehead atoms. The van der Waals surface area contributed by atoms with Gasteiger partial charge in [0.2, 0.25) is 0 Å². The number of hydrogen-bond donors (Lipinski definition) is 1. The SMILES string of the molecule is CC=CCC(O)(Cn1ccnc1)c1ccc(Cl)cc1Cl. The number of hydrogen-bond acceptors (Lipinski definition) is 2. The van der Waals surface area contributed by atoms with Crippen molar-refractivity contribution in [2.45, 2.75) is 25.5 Å². The fraction of sp³-hybridized carbons (Fsp3) is 0.267. The predicted molar refractivity (Wildman–Crippen MR) is 82.0 cm³/mol. The van der Waals surface area contributed by atoms with Crippen LogP contribution in [0.5, 0.6) is 0 Å². The first-order valence-electron chi connectivity index (χ1n) is 6.30. The van der Waals surface area contributed by atoms with Crippen LogP contribution < -0.4 is 0 Å². The summed E-state index contributed by atoms with van der Waals surface area (Å²) < 4.78 is 1.83. The Hall–Kier alpha value is -1.29. The molecule has 2 aromatic rings. The maximum Gasteiger partial charge on any atom is 0.112 e. The molecule has 1 unspecified atom stereocenters. The average molecular weight is 311 g/mol. The molecule has 1 atom stereocenters. The highest BCUT2D eigenvalue weighted by atomic mass is 35.5. The van der Waals surface area contributed by atoms with Gasteiger partial charge in [-0.1, -0.05) is 41.4 Å². The molecular formula is C15H16Cl2N2O. The van der Waals surface area contributed by atoms with E-state index in [1.54, 1.807) is 30.7 Å². The second-order valence-corrected chi connectivity index (χ2v) is 5.51. The highest BCUT2D eigenvalue weighted by Gasteiger charge is 2.30. The Kier molecular flexibility index (Phi) is 4.86. The molecule has 0 aliphatic heterocycles. The van der Waals surface area contributed by atoms with Crippen LogP contribution in [0.25, 0.3) is 0 Å². The smallest absolute Gasteiger partial charge is 0.112 e. The molecular weight excluding hydrogens is 295 g/mol. The summed E-state index contributed by atoms with van der Waals surface area (Å²) in [7, 11) is 0. The fourth-order valence-corrected chi connectivity index (χ4v) is 2.71. The molecule has 2 rings (SSSR count). The van der Waals surface area contributed by atoms with Crippen molar-refractivity contribution in [1.82, 2.24) is 9.55 Å². The zero-order chi connectivity index (χ0) is 14.6. The second-order valence-electron chi connectivity index (χ2n) is 4.66. The van der Waals surface area contributed by atoms with Crippen molar-refractivity contribution in [2.75, 3.05) is 0 Å². The molecule has 0 fully saturated rings. The Balaban J connectivity index is 2.39. The van der Waals surface area contributed by atoms with Gasteiger partial charge < -0.3 is 9.67 Å². The number of aliphatic hydroxyl groups is 1. The van der Waals surface area contributed by atoms with E-state index in [1.807, 2.05) is 29.8 Å². The maximum atomic E-state index is 11.0. The second kappa shape index (κ2) is 6.44. The summed E-state index contributed by atoms with van der Waals surface area (Å²) in [4.78, 5) is 4.00. The topological polar surface area (TPSA) is 38.0 Å². The van der Waals surface area contributed by atoms with E-state index < -0.39 is 5.60 Å². The third-order valence-corrected chi connectivity index (χ3v) is 3.67. The van der Waals surface area contributed by atoms with E-state index in [0.717, 1.165) is 0 Å². The van der Waals surface area contributed by atoms with E-state index in [4.69, 9.17) is 23.2 Å². The summed E-state index contributed by atoms with van der Waals surface area (Å²) in [6.45, 7) is 2.29. The molecule has 1 heterocycles. The molecule has 0 aliphatic rings. The predicted octanol–water partition coefficient (Wildman–Crippen LogP) is 4.04. The highest BCUT2D eigenvalue weighted by molar-refractivity contribution is 6.35. The van der Waals surface area contributed by atoms with Crippen LogP contribution in [0.3, 0.4) is 0 Å². The van der Waals surface area contributed by atoms with Crippen molar-refractivity contribution in [3.8, 4) is 0 Å². The third kappa shape index (κ3) is 3.42. The lowest BCUT2D eigenvalue weighted by atomic mass is 9.90. The van der Waals surface area contributed by atoms with Gasteiger partial charge in [0.05, 0.1) is 12.9 Å². The van der Waals surface area contributed by atoms with Crippen molar-refractivity contribution < 1.29 is 5.11 Å². The molecule has 0 radical (unpaired) electrons. The van der Waals surface area contributed by atoms with Crippen molar-refractivity contribution in [1.29, 1.82) is 0 Å². The Bertz CT molecular complexity index is 596. The molecule has 3 nitrogen and oxygen atoms in total. The monoisotopic (exact) mass is 310 g/mol. The first kappa shape index (κ1) is 15.1. The number of benzene rings is 1. The van der Waals surface area contributed by atoms with Gasteiger partial charge in [0.15, 0.2) is 0 Å². The van der Waals surface area contributed by atoms with Crippen LogP contribution in [0.2, 0.25) is 10.0 Å². The quantitative estimate of drug-likeness (QED) is 0.846. The standard InChI is InChI=1S/C15H16Cl2N2O/c1-2-3-6-15(20,10-19-8-7-18-11-19)13-5-4-12(16)9-14(13)17/h2-5,7-9,11,20H,6,10H2,1H3. The van der Waals surface area contributed by atoms with E-state index in [2.05, 4.69) is 4.98 Å². The molecule has 0 aliphatic carbocycles. The van der Waals surface area contributed by atoms with Gasteiger partial charge in [-0.2, -0.15) is 0 Å². The van der Waals surface area contributed by atoms with Gasteiger partial charge >= 0.3 is 0 Å². The van der Waals surface area contributed by atoms with Gasteiger partial charge in [0, 0.05) is 34.4 Å². The maximum absolute atomic E-state index is 11.0. The number of nitrogens with zero attached hydrogens (tertiary/aromatic N) is 2. The van der Waals surface area contributed by atoms with Crippen LogP contribution in [0.1, 0.15) is 18.9 Å². The van der Waals surface area contributed by atoms with E-state index in [0.29, 0.717) is 28.6 Å². The zero-order valence-corrected chi connectivity index (χ0v) is 12.6. The molecule has 1 aromatic heterocycles. The van der Waals surface area contributed by atoms with Crippen LogP contribution in [0.15, 0.2) is 49.1 Å². The minimum Gasteiger partial charge on any atom is -0.383 e. The molecule has 1 N–H and O–H groups in total. The highest BCUT2D eigenvalue weighted by Crippen LogP contribution is 2.34. The van der Waals surface area contributed by atoms with E-state index in [1.165, 1.54) is 0 Å². The van der Waals surface area contributed by atoms with Gasteiger partial charge in [-0.25, -0.2) is 4.98 Å². The summed E-state index contributed by atoms with van der Waals surface area (Å²) in [5, 5.41) is 12.0. The first-order chi connectivity index (χ1) is 9.55. The third-order valence-electron chi connectivity index (χ3n) is 3.13. The van der Waals surface area contributed by atoms with Crippen LogP contribution >= 0.6 is 23.2 Å². The van der Waals surface area contributed by atoms with Gasteiger partial charge in [-0.3, -0.25) is 0 Å². The minimum atomic E-state index is -1.10. The number of allylic oxidation sites excluding steroid dienone is 1. The van der Waals surface area contributed by atoms with Gasteiger partial charge in [0.25, 0.3) is 0 Å². The Morgan fingerprint density at radius 2 is 2.20 bits per heavy atom. The molecule has 0 amide bonds. The number of rotatable bonds is 5. The van der Waals surface area contributed by atoms with E-state index in [9.17, 15) is 5.11 Å².